The van der Waals surface area contributed by atoms with E-state index >= 15 is 0 Å². The summed E-state index contributed by atoms with van der Waals surface area (Å²) in [5.41, 5.74) is 0. The molecule has 1 aliphatic heterocycles. The molecule has 1 saturated heterocycles. The first-order valence-electron chi connectivity index (χ1n) is 6.39. The Hall–Kier alpha value is -1.60. The van der Waals surface area contributed by atoms with Crippen molar-refractivity contribution < 1.29 is 19.8 Å². The number of rotatable bonds is 3. The third kappa shape index (κ3) is 2.78. The van der Waals surface area contributed by atoms with E-state index in [2.05, 4.69) is 0 Å². The summed E-state index contributed by atoms with van der Waals surface area (Å²) in [7, 11) is 1.65. The van der Waals surface area contributed by atoms with E-state index in [1.807, 2.05) is 24.4 Å². The van der Waals surface area contributed by atoms with Gasteiger partial charge >= 0.3 is 12.0 Å². The zero-order chi connectivity index (χ0) is 14.9. The van der Waals surface area contributed by atoms with Gasteiger partial charge in [-0.25, -0.2) is 9.59 Å². The van der Waals surface area contributed by atoms with Crippen molar-refractivity contribution in [3.63, 3.8) is 0 Å². The van der Waals surface area contributed by atoms with Crippen molar-refractivity contribution in [2.75, 3.05) is 13.6 Å². The number of aliphatic hydroxyl groups is 1. The number of carboxylic acids is 1. The molecule has 0 radical (unpaired) electrons. The van der Waals surface area contributed by atoms with E-state index in [1.54, 1.807) is 18.4 Å². The molecule has 0 saturated carbocycles. The number of likely N-dealkylation sites (tertiary alicyclic amines) is 1. The predicted molar refractivity (Wildman–Crippen MR) is 74.6 cm³/mol. The molecule has 110 valence electrons. The van der Waals surface area contributed by atoms with Gasteiger partial charge in [-0.05, 0) is 18.4 Å². The highest BCUT2D eigenvalue weighted by molar-refractivity contribution is 7.10. The van der Waals surface area contributed by atoms with E-state index in [1.165, 1.54) is 9.80 Å². The second-order valence-electron chi connectivity index (χ2n) is 4.98. The van der Waals surface area contributed by atoms with Gasteiger partial charge in [-0.15, -0.1) is 11.3 Å². The first-order chi connectivity index (χ1) is 9.41. The van der Waals surface area contributed by atoms with Crippen molar-refractivity contribution in [1.29, 1.82) is 0 Å². The van der Waals surface area contributed by atoms with E-state index in [4.69, 9.17) is 5.11 Å². The zero-order valence-corrected chi connectivity index (χ0v) is 12.2. The molecule has 1 fully saturated rings. The Labute approximate surface area is 121 Å². The van der Waals surface area contributed by atoms with Gasteiger partial charge < -0.3 is 20.0 Å². The summed E-state index contributed by atoms with van der Waals surface area (Å²) in [6.45, 7) is 1.96. The van der Waals surface area contributed by atoms with E-state index in [0.29, 0.717) is 0 Å². The summed E-state index contributed by atoms with van der Waals surface area (Å²) in [6, 6.07) is 2.40. The number of aliphatic hydroxyl groups excluding tert-OH is 1. The number of β-amino-alcohol motifs (C(OH)–C–C–N with tert-alkyl or cyclic N) is 1. The van der Waals surface area contributed by atoms with Crippen LogP contribution in [-0.4, -0.2) is 57.8 Å². The molecule has 1 unspecified atom stereocenters. The minimum Gasteiger partial charge on any atom is -0.480 e. The van der Waals surface area contributed by atoms with Crippen molar-refractivity contribution in [2.24, 2.45) is 0 Å². The number of thiophene rings is 1. The van der Waals surface area contributed by atoms with Crippen molar-refractivity contribution in [3.8, 4) is 0 Å². The van der Waals surface area contributed by atoms with Crippen LogP contribution < -0.4 is 0 Å². The van der Waals surface area contributed by atoms with Crippen LogP contribution in [-0.2, 0) is 4.79 Å². The van der Waals surface area contributed by atoms with E-state index in [9.17, 15) is 14.7 Å². The van der Waals surface area contributed by atoms with E-state index in [-0.39, 0.29) is 25.0 Å². The molecule has 2 heterocycles. The first kappa shape index (κ1) is 14.8. The zero-order valence-electron chi connectivity index (χ0n) is 11.4. The quantitative estimate of drug-likeness (QED) is 0.883. The third-order valence-corrected chi connectivity index (χ3v) is 4.69. The fourth-order valence-electron chi connectivity index (χ4n) is 2.35. The van der Waals surface area contributed by atoms with Crippen molar-refractivity contribution in [3.05, 3.63) is 22.4 Å². The molecule has 1 aromatic rings. The second-order valence-corrected chi connectivity index (χ2v) is 5.96. The Bertz CT molecular complexity index is 491. The number of urea groups is 1. The van der Waals surface area contributed by atoms with Gasteiger partial charge in [-0.3, -0.25) is 0 Å². The Balaban J connectivity index is 2.12. The molecular formula is C13H18N2O4S. The number of carbonyl (C=O) groups is 2. The molecule has 1 aliphatic rings. The van der Waals surface area contributed by atoms with Gasteiger partial charge in [0.1, 0.15) is 6.04 Å². The number of hydrogen-bond acceptors (Lipinski definition) is 4. The maximum absolute atomic E-state index is 12.4. The lowest BCUT2D eigenvalue weighted by Gasteiger charge is -2.31. The summed E-state index contributed by atoms with van der Waals surface area (Å²) in [5.74, 6) is -1.08. The lowest BCUT2D eigenvalue weighted by Crippen LogP contribution is -2.47. The minimum atomic E-state index is -1.08. The van der Waals surface area contributed by atoms with Gasteiger partial charge in [0, 0.05) is 24.9 Å². The fourth-order valence-corrected chi connectivity index (χ4v) is 3.17. The average Bonchev–Trinajstić information content (AvgIpc) is 3.04. The highest BCUT2D eigenvalue weighted by atomic mass is 32.1. The molecular weight excluding hydrogens is 280 g/mol. The highest BCUT2D eigenvalue weighted by Crippen LogP contribution is 2.27. The summed E-state index contributed by atoms with van der Waals surface area (Å²) in [4.78, 5) is 27.4. The molecule has 1 aromatic heterocycles. The van der Waals surface area contributed by atoms with Crippen LogP contribution in [0.2, 0.25) is 0 Å². The van der Waals surface area contributed by atoms with Gasteiger partial charge in [0.15, 0.2) is 0 Å². The standard InChI is InChI=1S/C13H18N2O4S/c1-8(11-4-3-5-20-11)14(2)13(19)15-7-9(16)6-10(15)12(17)18/h3-5,8-10,16H,6-7H2,1-2H3,(H,17,18)/t8?,9-,10-/m1/s1. The molecule has 0 bridgehead atoms. The molecule has 20 heavy (non-hydrogen) atoms. The van der Waals surface area contributed by atoms with E-state index in [0.717, 1.165) is 4.88 Å². The van der Waals surface area contributed by atoms with Crippen molar-refractivity contribution >= 4 is 23.3 Å². The van der Waals surface area contributed by atoms with Crippen molar-refractivity contribution in [2.45, 2.75) is 31.5 Å². The summed E-state index contributed by atoms with van der Waals surface area (Å²) in [5, 5.41) is 20.7. The fraction of sp³-hybridized carbons (Fsp3) is 0.538. The van der Waals surface area contributed by atoms with Crippen LogP contribution in [0, 0.1) is 0 Å². The Morgan fingerprint density at radius 2 is 2.25 bits per heavy atom. The van der Waals surface area contributed by atoms with Crippen LogP contribution >= 0.6 is 11.3 Å². The molecule has 2 rings (SSSR count). The number of nitrogens with zero attached hydrogens (tertiary/aromatic N) is 2. The van der Waals surface area contributed by atoms with Gasteiger partial charge in [0.25, 0.3) is 0 Å². The van der Waals surface area contributed by atoms with E-state index < -0.39 is 18.1 Å². The van der Waals surface area contributed by atoms with Gasteiger partial charge in [-0.1, -0.05) is 6.07 Å². The van der Waals surface area contributed by atoms with Gasteiger partial charge in [0.05, 0.1) is 12.1 Å². The summed E-state index contributed by atoms with van der Waals surface area (Å²) >= 11 is 1.55. The summed E-state index contributed by atoms with van der Waals surface area (Å²) in [6.07, 6.45) is -0.687. The Morgan fingerprint density at radius 1 is 1.55 bits per heavy atom. The van der Waals surface area contributed by atoms with Crippen LogP contribution in [0.3, 0.4) is 0 Å². The molecule has 2 amide bonds. The number of hydrogen-bond donors (Lipinski definition) is 2. The lowest BCUT2D eigenvalue weighted by molar-refractivity contribution is -0.141. The molecule has 0 aromatic carbocycles. The minimum absolute atomic E-state index is 0.0668. The van der Waals surface area contributed by atoms with Crippen LogP contribution in [0.1, 0.15) is 24.3 Å². The number of carboxylic acid groups (broad SMARTS) is 1. The Morgan fingerprint density at radius 3 is 2.80 bits per heavy atom. The van der Waals surface area contributed by atoms with Crippen molar-refractivity contribution in [1.82, 2.24) is 9.80 Å². The predicted octanol–water partition coefficient (Wildman–Crippen LogP) is 1.38. The maximum Gasteiger partial charge on any atom is 0.326 e. The van der Waals surface area contributed by atoms with Crippen LogP contribution in [0.15, 0.2) is 17.5 Å². The largest absolute Gasteiger partial charge is 0.480 e. The average molecular weight is 298 g/mol. The molecule has 3 atom stereocenters. The van der Waals surface area contributed by atoms with Gasteiger partial charge in [-0.2, -0.15) is 0 Å². The highest BCUT2D eigenvalue weighted by Gasteiger charge is 2.40. The molecule has 0 aliphatic carbocycles. The lowest BCUT2D eigenvalue weighted by atomic mass is 10.2. The normalized spacial score (nSPS) is 23.6. The van der Waals surface area contributed by atoms with Crippen LogP contribution in [0.4, 0.5) is 4.79 Å². The van der Waals surface area contributed by atoms with Gasteiger partial charge in [0.2, 0.25) is 0 Å². The molecule has 7 heteroatoms. The first-order valence-corrected chi connectivity index (χ1v) is 7.27. The topological polar surface area (TPSA) is 81.1 Å². The molecule has 6 nitrogen and oxygen atoms in total. The molecule has 0 spiro atoms. The second kappa shape index (κ2) is 5.80. The van der Waals surface area contributed by atoms with Crippen LogP contribution in [0.5, 0.6) is 0 Å². The number of carbonyl (C=O) groups excluding carboxylic acids is 1. The smallest absolute Gasteiger partial charge is 0.326 e. The maximum atomic E-state index is 12.4. The Kier molecular flexibility index (Phi) is 4.29. The van der Waals surface area contributed by atoms with Crippen LogP contribution in [0.25, 0.3) is 0 Å². The number of aliphatic carboxylic acids is 1. The number of amides is 2. The summed E-state index contributed by atoms with van der Waals surface area (Å²) < 4.78 is 0. The monoisotopic (exact) mass is 298 g/mol. The molecule has 2 N–H and O–H groups in total. The third-order valence-electron chi connectivity index (χ3n) is 3.65. The SMILES string of the molecule is CC(c1cccs1)N(C)C(=O)N1C[C@H](O)C[C@@H]1C(=O)O.